The maximum atomic E-state index is 14.7. The van der Waals surface area contributed by atoms with E-state index in [1.165, 1.54) is 17.0 Å². The fraction of sp³-hybridized carbons (Fsp3) is 0.220. The third kappa shape index (κ3) is 9.60. The van der Waals surface area contributed by atoms with Crippen LogP contribution in [0.3, 0.4) is 0 Å². The van der Waals surface area contributed by atoms with Crippen LogP contribution in [-0.2, 0) is 32.6 Å². The highest BCUT2D eigenvalue weighted by Gasteiger charge is 2.35. The van der Waals surface area contributed by atoms with Gasteiger partial charge in [-0.1, -0.05) is 96.6 Å². The number of ether oxygens (including phenoxy) is 1. The van der Waals surface area contributed by atoms with Gasteiger partial charge in [-0.05, 0) is 87.4 Å². The average molecular weight is 690 g/mol. The van der Waals surface area contributed by atoms with Crippen LogP contribution >= 0.6 is 0 Å². The Morgan fingerprint density at radius 3 is 1.88 bits per heavy atom. The highest BCUT2D eigenvalue weighted by Crippen LogP contribution is 2.29. The predicted molar refractivity (Wildman–Crippen MR) is 197 cm³/mol. The number of hydrogen-bond donors (Lipinski definition) is 1. The molecule has 5 rings (SSSR count). The molecule has 50 heavy (non-hydrogen) atoms. The van der Waals surface area contributed by atoms with E-state index in [0.29, 0.717) is 11.5 Å². The second kappa shape index (κ2) is 15.9. The summed E-state index contributed by atoms with van der Waals surface area (Å²) in [5, 5.41) is 3.06. The lowest BCUT2D eigenvalue weighted by Gasteiger charge is -2.35. The van der Waals surface area contributed by atoms with Gasteiger partial charge in [0.05, 0.1) is 10.6 Å². The Bertz CT molecular complexity index is 1980. The smallest absolute Gasteiger partial charge is 0.264 e. The highest BCUT2D eigenvalue weighted by molar-refractivity contribution is 7.92. The summed E-state index contributed by atoms with van der Waals surface area (Å²) in [5.41, 5.74) is 2.39. The number of benzene rings is 5. The molecule has 0 saturated carbocycles. The minimum Gasteiger partial charge on any atom is -0.457 e. The largest absolute Gasteiger partial charge is 0.457 e. The molecule has 5 aromatic rings. The first kappa shape index (κ1) is 35.9. The number of sulfonamides is 1. The van der Waals surface area contributed by atoms with Crippen LogP contribution in [-0.4, -0.2) is 43.3 Å². The number of carbonyl (C=O) groups is 2. The molecule has 5 aromatic carbocycles. The van der Waals surface area contributed by atoms with E-state index in [0.717, 1.165) is 21.0 Å². The van der Waals surface area contributed by atoms with Crippen molar-refractivity contribution in [2.75, 3.05) is 10.8 Å². The van der Waals surface area contributed by atoms with E-state index in [1.54, 1.807) is 42.5 Å². The van der Waals surface area contributed by atoms with Gasteiger partial charge in [-0.3, -0.25) is 13.9 Å². The summed E-state index contributed by atoms with van der Waals surface area (Å²) in [4.78, 5) is 30.3. The summed E-state index contributed by atoms with van der Waals surface area (Å²) in [6.07, 6.45) is 0.233. The summed E-state index contributed by atoms with van der Waals surface area (Å²) in [6, 6.07) is 40.1. The molecule has 0 bridgehead atoms. The summed E-state index contributed by atoms with van der Waals surface area (Å²) in [6.45, 7) is 7.17. The minimum atomic E-state index is -4.22. The second-order valence-electron chi connectivity index (χ2n) is 13.2. The van der Waals surface area contributed by atoms with Gasteiger partial charge in [0, 0.05) is 18.5 Å². The molecule has 1 N–H and O–H groups in total. The normalized spacial score (nSPS) is 12.1. The van der Waals surface area contributed by atoms with Gasteiger partial charge in [0.15, 0.2) is 0 Å². The number of rotatable bonds is 13. The number of aryl methyl sites for hydroxylation is 1. The number of carbonyl (C=O) groups excluding carboxylic acids is 2. The summed E-state index contributed by atoms with van der Waals surface area (Å²) in [7, 11) is -4.22. The van der Waals surface area contributed by atoms with E-state index in [1.807, 2.05) is 113 Å². The van der Waals surface area contributed by atoms with Crippen LogP contribution in [0.25, 0.3) is 0 Å². The third-order valence-corrected chi connectivity index (χ3v) is 9.71. The van der Waals surface area contributed by atoms with Gasteiger partial charge in [0.25, 0.3) is 10.0 Å². The van der Waals surface area contributed by atoms with Gasteiger partial charge in [-0.2, -0.15) is 0 Å². The number of nitrogens with zero attached hydrogens (tertiary/aromatic N) is 2. The van der Waals surface area contributed by atoms with Crippen molar-refractivity contribution in [1.29, 1.82) is 0 Å². The van der Waals surface area contributed by atoms with E-state index in [2.05, 4.69) is 5.32 Å². The van der Waals surface area contributed by atoms with E-state index >= 15 is 0 Å². The number of nitrogens with one attached hydrogen (secondary N) is 1. The lowest BCUT2D eigenvalue weighted by atomic mass is 10.0. The Balaban J connectivity index is 1.56. The SMILES string of the molecule is Cc1cccc(CN(C(=O)CN(c2ccc(Oc3ccccc3)cc2)S(=O)(=O)c2ccccc2)[C@H](Cc2ccccc2)C(=O)NC(C)(C)C)c1. The van der Waals surface area contributed by atoms with Crippen molar-refractivity contribution in [2.24, 2.45) is 0 Å². The van der Waals surface area contributed by atoms with Gasteiger partial charge >= 0.3 is 0 Å². The van der Waals surface area contributed by atoms with Crippen molar-refractivity contribution in [3.63, 3.8) is 0 Å². The number of hydrogen-bond acceptors (Lipinski definition) is 5. The molecule has 0 fully saturated rings. The van der Waals surface area contributed by atoms with Gasteiger partial charge < -0.3 is 15.0 Å². The molecule has 9 heteroatoms. The molecule has 2 amide bonds. The standard InChI is InChI=1S/C41H43N3O5S/c1-31-15-14-18-33(27-31)29-43(38(40(46)42-41(2,3)4)28-32-16-8-5-9-17-32)39(45)30-44(50(47,48)37-21-12-7-13-22-37)34-23-25-36(26-24-34)49-35-19-10-6-11-20-35/h5-27,38H,28-30H2,1-4H3,(H,42,46)/t38-/m1/s1. The molecule has 8 nitrogen and oxygen atoms in total. The monoisotopic (exact) mass is 689 g/mol. The van der Waals surface area contributed by atoms with E-state index in [9.17, 15) is 18.0 Å². The van der Waals surface area contributed by atoms with Crippen LogP contribution in [0.1, 0.15) is 37.5 Å². The maximum Gasteiger partial charge on any atom is 0.264 e. The molecule has 0 aliphatic heterocycles. The predicted octanol–water partition coefficient (Wildman–Crippen LogP) is 7.54. The molecular formula is C41H43N3O5S. The Kier molecular flexibility index (Phi) is 11.4. The molecule has 0 saturated heterocycles. The van der Waals surface area contributed by atoms with Gasteiger partial charge in [-0.25, -0.2) is 8.42 Å². The summed E-state index contributed by atoms with van der Waals surface area (Å²) < 4.78 is 35.6. The van der Waals surface area contributed by atoms with Crippen LogP contribution in [0.2, 0.25) is 0 Å². The zero-order chi connectivity index (χ0) is 35.7. The van der Waals surface area contributed by atoms with Gasteiger partial charge in [0.1, 0.15) is 24.1 Å². The van der Waals surface area contributed by atoms with Crippen LogP contribution in [0, 0.1) is 6.92 Å². The first-order valence-corrected chi connectivity index (χ1v) is 17.9. The minimum absolute atomic E-state index is 0.0361. The molecular weight excluding hydrogens is 647 g/mol. The molecule has 0 unspecified atom stereocenters. The molecule has 1 atom stereocenters. The lowest BCUT2D eigenvalue weighted by molar-refractivity contribution is -0.140. The number of amides is 2. The van der Waals surface area contributed by atoms with Crippen LogP contribution in [0.5, 0.6) is 11.5 Å². The van der Waals surface area contributed by atoms with Crippen molar-refractivity contribution < 1.29 is 22.7 Å². The Labute approximate surface area is 295 Å². The lowest BCUT2D eigenvalue weighted by Crippen LogP contribution is -2.56. The Morgan fingerprint density at radius 1 is 0.720 bits per heavy atom. The zero-order valence-corrected chi connectivity index (χ0v) is 29.6. The molecule has 0 radical (unpaired) electrons. The van der Waals surface area contributed by atoms with Crippen LogP contribution < -0.4 is 14.4 Å². The maximum absolute atomic E-state index is 14.7. The molecule has 0 aromatic heterocycles. The first-order chi connectivity index (χ1) is 23.9. The Morgan fingerprint density at radius 2 is 1.28 bits per heavy atom. The van der Waals surface area contributed by atoms with Crippen molar-refractivity contribution >= 4 is 27.5 Å². The average Bonchev–Trinajstić information content (AvgIpc) is 3.09. The molecule has 0 aliphatic rings. The van der Waals surface area contributed by atoms with E-state index in [4.69, 9.17) is 4.74 Å². The number of para-hydroxylation sites is 1. The molecule has 0 spiro atoms. The summed E-state index contributed by atoms with van der Waals surface area (Å²) in [5.74, 6) is 0.281. The fourth-order valence-electron chi connectivity index (χ4n) is 5.57. The van der Waals surface area contributed by atoms with Crippen molar-refractivity contribution in [3.05, 3.63) is 156 Å². The third-order valence-electron chi connectivity index (χ3n) is 7.92. The highest BCUT2D eigenvalue weighted by atomic mass is 32.2. The topological polar surface area (TPSA) is 96.0 Å². The molecule has 258 valence electrons. The first-order valence-electron chi connectivity index (χ1n) is 16.5. The van der Waals surface area contributed by atoms with Crippen LogP contribution in [0.4, 0.5) is 5.69 Å². The van der Waals surface area contributed by atoms with Gasteiger partial charge in [-0.15, -0.1) is 0 Å². The van der Waals surface area contributed by atoms with Crippen molar-refractivity contribution in [2.45, 2.75) is 57.1 Å². The van der Waals surface area contributed by atoms with Gasteiger partial charge in [0.2, 0.25) is 11.8 Å². The second-order valence-corrected chi connectivity index (χ2v) is 15.1. The number of anilines is 1. The Hall–Kier alpha value is -5.41. The zero-order valence-electron chi connectivity index (χ0n) is 28.8. The fourth-order valence-corrected chi connectivity index (χ4v) is 7.00. The molecule has 0 aliphatic carbocycles. The quantitative estimate of drug-likeness (QED) is 0.138. The van der Waals surface area contributed by atoms with E-state index < -0.39 is 34.1 Å². The van der Waals surface area contributed by atoms with Crippen LogP contribution in [0.15, 0.2) is 144 Å². The van der Waals surface area contributed by atoms with Crippen molar-refractivity contribution in [1.82, 2.24) is 10.2 Å². The van der Waals surface area contributed by atoms with E-state index in [-0.39, 0.29) is 29.5 Å². The van der Waals surface area contributed by atoms with Crippen molar-refractivity contribution in [3.8, 4) is 11.5 Å². The molecule has 0 heterocycles. The summed E-state index contributed by atoms with van der Waals surface area (Å²) >= 11 is 0.